The van der Waals surface area contributed by atoms with Crippen LogP contribution in [-0.2, 0) is 4.79 Å². The minimum Gasteiger partial charge on any atom is -0.295 e. The fraction of sp³-hybridized carbons (Fsp3) is 0.769. The Labute approximate surface area is 87.6 Å². The Morgan fingerprint density at radius 3 is 2.57 bits per heavy atom. The molecule has 0 aromatic heterocycles. The van der Waals surface area contributed by atoms with E-state index in [0.29, 0.717) is 17.3 Å². The van der Waals surface area contributed by atoms with Crippen molar-refractivity contribution in [3.8, 4) is 0 Å². The summed E-state index contributed by atoms with van der Waals surface area (Å²) in [6.45, 7) is 8.56. The van der Waals surface area contributed by atoms with E-state index in [4.69, 9.17) is 0 Å². The van der Waals surface area contributed by atoms with Crippen molar-refractivity contribution in [2.45, 2.75) is 47.0 Å². The van der Waals surface area contributed by atoms with Gasteiger partial charge in [0, 0.05) is 0 Å². The van der Waals surface area contributed by atoms with Crippen LogP contribution in [0.5, 0.6) is 0 Å². The van der Waals surface area contributed by atoms with Crippen LogP contribution in [0.2, 0.25) is 0 Å². The third-order valence-corrected chi connectivity index (χ3v) is 3.53. The summed E-state index contributed by atoms with van der Waals surface area (Å²) < 4.78 is 0. The van der Waals surface area contributed by atoms with Gasteiger partial charge in [0.15, 0.2) is 5.78 Å². The van der Waals surface area contributed by atoms with Gasteiger partial charge in [-0.2, -0.15) is 0 Å². The van der Waals surface area contributed by atoms with Crippen molar-refractivity contribution in [2.75, 3.05) is 0 Å². The lowest BCUT2D eigenvalue weighted by atomic mass is 9.64. The summed E-state index contributed by atoms with van der Waals surface area (Å²) in [6.07, 6.45) is 7.79. The van der Waals surface area contributed by atoms with Gasteiger partial charge in [0.2, 0.25) is 0 Å². The summed E-state index contributed by atoms with van der Waals surface area (Å²) in [7, 11) is 0. The van der Waals surface area contributed by atoms with E-state index in [-0.39, 0.29) is 5.78 Å². The number of carbonyl (C=O) groups excluding carboxylic acids is 1. The minimum absolute atomic E-state index is 0.165. The highest BCUT2D eigenvalue weighted by molar-refractivity contribution is 5.87. The molecule has 1 saturated carbocycles. The van der Waals surface area contributed by atoms with E-state index >= 15 is 0 Å². The smallest absolute Gasteiger partial charge is 0.152 e. The summed E-state index contributed by atoms with van der Waals surface area (Å²) in [5.74, 6) is 1.45. The highest BCUT2D eigenvalue weighted by Gasteiger charge is 2.34. The van der Waals surface area contributed by atoms with Gasteiger partial charge in [-0.1, -0.05) is 39.7 Å². The number of carbonyl (C=O) groups is 1. The van der Waals surface area contributed by atoms with Gasteiger partial charge in [-0.25, -0.2) is 0 Å². The Kier molecular flexibility index (Phi) is 3.52. The lowest BCUT2D eigenvalue weighted by Gasteiger charge is -2.41. The maximum absolute atomic E-state index is 10.9. The Hall–Kier alpha value is -0.590. The second kappa shape index (κ2) is 4.29. The molecule has 0 aliphatic heterocycles. The zero-order chi connectivity index (χ0) is 10.8. The van der Waals surface area contributed by atoms with E-state index in [1.165, 1.54) is 19.3 Å². The van der Waals surface area contributed by atoms with Crippen LogP contribution in [0.25, 0.3) is 0 Å². The third kappa shape index (κ3) is 2.70. The Morgan fingerprint density at radius 1 is 1.43 bits per heavy atom. The standard InChI is InChI=1S/C13H22O/c1-10-6-5-9-13(3,4)12(10)8-7-11(2)14/h7-8,10,12H,5-6,9H2,1-4H3/b8-7+/t10-,12-/m1/s1. The Bertz CT molecular complexity index is 238. The van der Waals surface area contributed by atoms with Crippen molar-refractivity contribution in [1.29, 1.82) is 0 Å². The SMILES string of the molecule is CC(=O)/C=C/[C@@H]1[C@H](C)CCCC1(C)C. The van der Waals surface area contributed by atoms with Crippen LogP contribution in [0.3, 0.4) is 0 Å². The molecule has 0 saturated heterocycles. The molecule has 1 rings (SSSR count). The van der Waals surface area contributed by atoms with Crippen molar-refractivity contribution in [2.24, 2.45) is 17.3 Å². The van der Waals surface area contributed by atoms with Crippen molar-refractivity contribution in [3.63, 3.8) is 0 Å². The maximum Gasteiger partial charge on any atom is 0.152 e. The monoisotopic (exact) mass is 194 g/mol. The first kappa shape index (κ1) is 11.5. The van der Waals surface area contributed by atoms with Crippen LogP contribution in [0.15, 0.2) is 12.2 Å². The molecule has 1 nitrogen and oxygen atoms in total. The van der Waals surface area contributed by atoms with E-state index in [0.717, 1.165) is 0 Å². The van der Waals surface area contributed by atoms with Gasteiger partial charge in [-0.3, -0.25) is 4.79 Å². The first-order valence-corrected chi connectivity index (χ1v) is 5.62. The molecule has 0 heterocycles. The van der Waals surface area contributed by atoms with Crippen LogP contribution in [-0.4, -0.2) is 5.78 Å². The van der Waals surface area contributed by atoms with Crippen molar-refractivity contribution >= 4 is 5.78 Å². The summed E-state index contributed by atoms with van der Waals surface area (Å²) in [5.41, 5.74) is 0.365. The van der Waals surface area contributed by atoms with E-state index < -0.39 is 0 Å². The van der Waals surface area contributed by atoms with Gasteiger partial charge >= 0.3 is 0 Å². The Morgan fingerprint density at radius 2 is 2.07 bits per heavy atom. The second-order valence-corrected chi connectivity index (χ2v) is 5.35. The molecular formula is C13H22O. The van der Waals surface area contributed by atoms with E-state index in [1.807, 2.05) is 0 Å². The van der Waals surface area contributed by atoms with Crippen LogP contribution < -0.4 is 0 Å². The van der Waals surface area contributed by atoms with Crippen LogP contribution in [0, 0.1) is 17.3 Å². The van der Waals surface area contributed by atoms with Gasteiger partial charge < -0.3 is 0 Å². The summed E-state index contributed by atoms with van der Waals surface area (Å²) in [5, 5.41) is 0. The number of ketones is 1. The lowest BCUT2D eigenvalue weighted by molar-refractivity contribution is -0.112. The molecule has 1 aliphatic carbocycles. The van der Waals surface area contributed by atoms with Gasteiger partial charge in [-0.05, 0) is 36.7 Å². The fourth-order valence-electron chi connectivity index (χ4n) is 2.69. The molecule has 0 aromatic carbocycles. The number of allylic oxidation sites excluding steroid dienone is 2. The molecule has 0 radical (unpaired) electrons. The molecule has 0 spiro atoms. The zero-order valence-corrected chi connectivity index (χ0v) is 9.84. The van der Waals surface area contributed by atoms with Gasteiger partial charge in [0.1, 0.15) is 0 Å². The highest BCUT2D eigenvalue weighted by Crippen LogP contribution is 2.44. The molecule has 0 amide bonds. The first-order chi connectivity index (χ1) is 6.43. The topological polar surface area (TPSA) is 17.1 Å². The fourth-order valence-corrected chi connectivity index (χ4v) is 2.69. The molecule has 80 valence electrons. The number of rotatable bonds is 2. The van der Waals surface area contributed by atoms with Gasteiger partial charge in [0.05, 0.1) is 0 Å². The van der Waals surface area contributed by atoms with E-state index in [9.17, 15) is 4.79 Å². The zero-order valence-electron chi connectivity index (χ0n) is 9.84. The molecular weight excluding hydrogens is 172 g/mol. The first-order valence-electron chi connectivity index (χ1n) is 5.62. The molecule has 0 bridgehead atoms. The van der Waals surface area contributed by atoms with Crippen molar-refractivity contribution < 1.29 is 4.79 Å². The number of hydrogen-bond acceptors (Lipinski definition) is 1. The predicted molar refractivity (Wildman–Crippen MR) is 60.1 cm³/mol. The molecule has 0 unspecified atom stereocenters. The normalized spacial score (nSPS) is 32.0. The molecule has 0 aromatic rings. The highest BCUT2D eigenvalue weighted by atomic mass is 16.1. The predicted octanol–water partition coefficient (Wildman–Crippen LogP) is 3.59. The van der Waals surface area contributed by atoms with Crippen LogP contribution >= 0.6 is 0 Å². The number of hydrogen-bond donors (Lipinski definition) is 0. The lowest BCUT2D eigenvalue weighted by Crippen LogP contribution is -2.32. The third-order valence-electron chi connectivity index (χ3n) is 3.53. The summed E-state index contributed by atoms with van der Waals surface area (Å²) in [4.78, 5) is 10.9. The average molecular weight is 194 g/mol. The molecule has 14 heavy (non-hydrogen) atoms. The molecule has 1 heteroatoms. The maximum atomic E-state index is 10.9. The largest absolute Gasteiger partial charge is 0.295 e. The average Bonchev–Trinajstić information content (AvgIpc) is 2.01. The second-order valence-electron chi connectivity index (χ2n) is 5.35. The van der Waals surface area contributed by atoms with Gasteiger partial charge in [-0.15, -0.1) is 0 Å². The van der Waals surface area contributed by atoms with Gasteiger partial charge in [0.25, 0.3) is 0 Å². The minimum atomic E-state index is 0.165. The summed E-state index contributed by atoms with van der Waals surface area (Å²) in [6, 6.07) is 0. The molecule has 0 N–H and O–H groups in total. The van der Waals surface area contributed by atoms with E-state index in [2.05, 4.69) is 26.8 Å². The van der Waals surface area contributed by atoms with Crippen LogP contribution in [0.4, 0.5) is 0 Å². The van der Waals surface area contributed by atoms with Crippen LogP contribution in [0.1, 0.15) is 47.0 Å². The molecule has 1 aliphatic rings. The summed E-state index contributed by atoms with van der Waals surface area (Å²) >= 11 is 0. The van der Waals surface area contributed by atoms with Crippen molar-refractivity contribution in [3.05, 3.63) is 12.2 Å². The van der Waals surface area contributed by atoms with E-state index in [1.54, 1.807) is 13.0 Å². The molecule has 1 fully saturated rings. The Balaban J connectivity index is 2.75. The molecule has 2 atom stereocenters. The van der Waals surface area contributed by atoms with Crippen molar-refractivity contribution in [1.82, 2.24) is 0 Å². The quantitative estimate of drug-likeness (QED) is 0.614.